The van der Waals surface area contributed by atoms with E-state index >= 15 is 0 Å². The standard InChI is InChI=1S/C24H27FN4O3S/c1-15-18(25)3-2-4-19(15)29-24(33)22-20(6-9-27-23(22)30)28-11-17-5-8-26-12-21(17)32-14-16-7-10-31-13-16/h2-5,8,12,16,28H,6-7,9-11,13-14H2,1H3,(H,27,30)(H,29,33). The molecule has 0 bridgehead atoms. The number of pyridine rings is 1. The summed E-state index contributed by atoms with van der Waals surface area (Å²) < 4.78 is 25.3. The molecule has 1 atom stereocenters. The summed E-state index contributed by atoms with van der Waals surface area (Å²) in [5.41, 5.74) is 3.00. The maximum absolute atomic E-state index is 13.9. The number of aromatic nitrogens is 1. The SMILES string of the molecule is Cc1c(F)cccc1NC(=S)C1=C(NCc2ccncc2OCC2CCOC2)CCNC1=O. The summed E-state index contributed by atoms with van der Waals surface area (Å²) in [4.78, 5) is 17.1. The first-order valence-electron chi connectivity index (χ1n) is 11.0. The molecule has 7 nitrogen and oxygen atoms in total. The molecule has 1 unspecified atom stereocenters. The molecule has 9 heteroatoms. The van der Waals surface area contributed by atoms with E-state index in [1.807, 2.05) is 6.07 Å². The first kappa shape index (κ1) is 23.1. The second-order valence-electron chi connectivity index (χ2n) is 8.10. The van der Waals surface area contributed by atoms with Gasteiger partial charge in [-0.2, -0.15) is 0 Å². The molecular formula is C24H27FN4O3S. The molecule has 4 rings (SSSR count). The minimum Gasteiger partial charge on any atom is -0.491 e. The van der Waals surface area contributed by atoms with E-state index in [1.54, 1.807) is 31.5 Å². The van der Waals surface area contributed by atoms with Crippen LogP contribution in [0.2, 0.25) is 0 Å². The van der Waals surface area contributed by atoms with E-state index in [2.05, 4.69) is 20.9 Å². The van der Waals surface area contributed by atoms with Crippen LogP contribution in [0.25, 0.3) is 0 Å². The summed E-state index contributed by atoms with van der Waals surface area (Å²) in [7, 11) is 0. The van der Waals surface area contributed by atoms with Gasteiger partial charge in [0.25, 0.3) is 5.91 Å². The zero-order valence-corrected chi connectivity index (χ0v) is 19.3. The van der Waals surface area contributed by atoms with Crippen LogP contribution in [0.1, 0.15) is 24.0 Å². The van der Waals surface area contributed by atoms with Gasteiger partial charge >= 0.3 is 0 Å². The van der Waals surface area contributed by atoms with E-state index in [-0.39, 0.29) is 16.7 Å². The Kier molecular flexibility index (Phi) is 7.51. The molecule has 2 aliphatic heterocycles. The minimum atomic E-state index is -0.336. The molecule has 1 aromatic heterocycles. The number of nitrogens with one attached hydrogen (secondary N) is 3. The second kappa shape index (κ2) is 10.7. The first-order valence-corrected chi connectivity index (χ1v) is 11.4. The third kappa shape index (κ3) is 5.66. The molecule has 1 amide bonds. The number of halogens is 1. The lowest BCUT2D eigenvalue weighted by Crippen LogP contribution is -2.39. The molecule has 3 heterocycles. The Bertz CT molecular complexity index is 1070. The molecule has 2 aliphatic rings. The summed E-state index contributed by atoms with van der Waals surface area (Å²) in [6.45, 7) is 4.69. The van der Waals surface area contributed by atoms with Crippen molar-refractivity contribution in [3.8, 4) is 5.75 Å². The van der Waals surface area contributed by atoms with Crippen molar-refractivity contribution < 1.29 is 18.7 Å². The molecule has 174 valence electrons. The third-order valence-corrected chi connectivity index (χ3v) is 6.10. The topological polar surface area (TPSA) is 84.5 Å². The summed E-state index contributed by atoms with van der Waals surface area (Å²) in [6.07, 6.45) is 5.01. The average molecular weight is 471 g/mol. The van der Waals surface area contributed by atoms with Crippen LogP contribution in [0.15, 0.2) is 47.9 Å². The van der Waals surface area contributed by atoms with Crippen LogP contribution in [0, 0.1) is 18.7 Å². The molecular weight excluding hydrogens is 443 g/mol. The van der Waals surface area contributed by atoms with Crippen LogP contribution in [0.3, 0.4) is 0 Å². The van der Waals surface area contributed by atoms with E-state index in [0.29, 0.717) is 61.2 Å². The van der Waals surface area contributed by atoms with Crippen LogP contribution in [0.5, 0.6) is 5.75 Å². The molecule has 0 saturated carbocycles. The highest BCUT2D eigenvalue weighted by molar-refractivity contribution is 7.81. The Morgan fingerprint density at radius 3 is 3.09 bits per heavy atom. The van der Waals surface area contributed by atoms with Crippen LogP contribution in [-0.2, 0) is 16.1 Å². The number of benzene rings is 1. The number of hydrogen-bond donors (Lipinski definition) is 3. The van der Waals surface area contributed by atoms with Gasteiger partial charge in [-0.15, -0.1) is 0 Å². The van der Waals surface area contributed by atoms with Crippen molar-refractivity contribution in [3.63, 3.8) is 0 Å². The van der Waals surface area contributed by atoms with Crippen molar-refractivity contribution in [2.24, 2.45) is 5.92 Å². The smallest absolute Gasteiger partial charge is 0.256 e. The number of thiocarbonyl (C=S) groups is 1. The Morgan fingerprint density at radius 1 is 1.39 bits per heavy atom. The molecule has 1 saturated heterocycles. The normalized spacial score (nSPS) is 18.1. The van der Waals surface area contributed by atoms with Crippen LogP contribution in [0.4, 0.5) is 10.1 Å². The number of amides is 1. The summed E-state index contributed by atoms with van der Waals surface area (Å²) in [6, 6.07) is 6.61. The van der Waals surface area contributed by atoms with Crippen LogP contribution in [-0.4, -0.2) is 42.2 Å². The molecule has 0 spiro atoms. The predicted molar refractivity (Wildman–Crippen MR) is 128 cm³/mol. The predicted octanol–water partition coefficient (Wildman–Crippen LogP) is 3.25. The van der Waals surface area contributed by atoms with Gasteiger partial charge in [-0.25, -0.2) is 4.39 Å². The molecule has 0 radical (unpaired) electrons. The fourth-order valence-electron chi connectivity index (χ4n) is 3.81. The summed E-state index contributed by atoms with van der Waals surface area (Å²) in [5, 5.41) is 9.22. The lowest BCUT2D eigenvalue weighted by atomic mass is 10.1. The Morgan fingerprint density at radius 2 is 2.27 bits per heavy atom. The van der Waals surface area contributed by atoms with Crippen molar-refractivity contribution in [2.45, 2.75) is 26.3 Å². The molecule has 33 heavy (non-hydrogen) atoms. The van der Waals surface area contributed by atoms with E-state index in [9.17, 15) is 9.18 Å². The highest BCUT2D eigenvalue weighted by atomic mass is 32.1. The molecule has 1 aromatic carbocycles. The number of carbonyl (C=O) groups excluding carboxylic acids is 1. The van der Waals surface area contributed by atoms with Crippen molar-refractivity contribution >= 4 is 28.8 Å². The van der Waals surface area contributed by atoms with Gasteiger partial charge in [0.05, 0.1) is 25.0 Å². The van der Waals surface area contributed by atoms with Gasteiger partial charge in [0.2, 0.25) is 0 Å². The van der Waals surface area contributed by atoms with Gasteiger partial charge in [0, 0.05) is 60.7 Å². The molecule has 2 aromatic rings. The highest BCUT2D eigenvalue weighted by Gasteiger charge is 2.25. The van der Waals surface area contributed by atoms with Crippen molar-refractivity contribution in [2.75, 3.05) is 31.7 Å². The summed E-state index contributed by atoms with van der Waals surface area (Å²) in [5.74, 6) is 0.493. The molecule has 3 N–H and O–H groups in total. The van der Waals surface area contributed by atoms with Gasteiger partial charge < -0.3 is 25.4 Å². The van der Waals surface area contributed by atoms with Crippen molar-refractivity contribution in [3.05, 3.63) is 64.9 Å². The van der Waals surface area contributed by atoms with Crippen LogP contribution >= 0.6 is 12.2 Å². The maximum Gasteiger partial charge on any atom is 0.256 e. The van der Waals surface area contributed by atoms with Gasteiger partial charge in [-0.05, 0) is 31.5 Å². The number of rotatable bonds is 8. The lowest BCUT2D eigenvalue weighted by Gasteiger charge is -2.24. The van der Waals surface area contributed by atoms with Gasteiger partial charge in [0.1, 0.15) is 16.6 Å². The quantitative estimate of drug-likeness (QED) is 0.511. The number of hydrogen-bond acceptors (Lipinski definition) is 6. The fourth-order valence-corrected chi connectivity index (χ4v) is 4.13. The maximum atomic E-state index is 13.9. The second-order valence-corrected chi connectivity index (χ2v) is 8.51. The first-order chi connectivity index (χ1) is 16.0. The van der Waals surface area contributed by atoms with Crippen molar-refractivity contribution in [1.29, 1.82) is 0 Å². The monoisotopic (exact) mass is 470 g/mol. The van der Waals surface area contributed by atoms with Gasteiger partial charge in [-0.1, -0.05) is 18.3 Å². The number of anilines is 1. The van der Waals surface area contributed by atoms with E-state index < -0.39 is 0 Å². The number of carbonyl (C=O) groups is 1. The Hall–Kier alpha value is -3.04. The largest absolute Gasteiger partial charge is 0.491 e. The lowest BCUT2D eigenvalue weighted by molar-refractivity contribution is -0.117. The van der Waals surface area contributed by atoms with Gasteiger partial charge in [-0.3, -0.25) is 9.78 Å². The highest BCUT2D eigenvalue weighted by Crippen LogP contribution is 2.23. The zero-order chi connectivity index (χ0) is 23.2. The number of ether oxygens (including phenoxy) is 2. The molecule has 0 aliphatic carbocycles. The minimum absolute atomic E-state index is 0.246. The summed E-state index contributed by atoms with van der Waals surface area (Å²) >= 11 is 5.53. The zero-order valence-electron chi connectivity index (χ0n) is 18.4. The van der Waals surface area contributed by atoms with E-state index in [1.165, 1.54) is 6.07 Å². The third-order valence-electron chi connectivity index (χ3n) is 5.79. The Labute approximate surface area is 197 Å². The Balaban J connectivity index is 1.48. The number of nitrogens with zero attached hydrogens (tertiary/aromatic N) is 1. The molecule has 1 fully saturated rings. The fraction of sp³-hybridized carbons (Fsp3) is 0.375. The van der Waals surface area contributed by atoms with Gasteiger partial charge in [0.15, 0.2) is 0 Å². The van der Waals surface area contributed by atoms with E-state index in [0.717, 1.165) is 24.3 Å². The average Bonchev–Trinajstić information content (AvgIpc) is 3.33. The van der Waals surface area contributed by atoms with E-state index in [4.69, 9.17) is 21.7 Å². The van der Waals surface area contributed by atoms with Crippen molar-refractivity contribution in [1.82, 2.24) is 15.6 Å². The van der Waals surface area contributed by atoms with Crippen LogP contribution < -0.4 is 20.7 Å².